The third-order valence-corrected chi connectivity index (χ3v) is 2.14. The average molecular weight is 257 g/mol. The number of H-pyrrole nitrogens is 1. The standard InChI is InChI=1S/C9H6Cl2N4O/c10-5-1-6(13-2-5)9(16)15-8-4-12-3-7(11)14-8/h1-4,13H,(H,14,15,16). The van der Waals surface area contributed by atoms with Gasteiger partial charge in [-0.1, -0.05) is 23.2 Å². The van der Waals surface area contributed by atoms with Crippen LogP contribution in [-0.2, 0) is 0 Å². The highest BCUT2D eigenvalue weighted by Gasteiger charge is 2.09. The molecular weight excluding hydrogens is 251 g/mol. The van der Waals surface area contributed by atoms with Gasteiger partial charge in [0.15, 0.2) is 5.82 Å². The van der Waals surface area contributed by atoms with Crippen LogP contribution in [0.2, 0.25) is 10.2 Å². The Balaban J connectivity index is 2.13. The molecule has 16 heavy (non-hydrogen) atoms. The van der Waals surface area contributed by atoms with Gasteiger partial charge in [-0.2, -0.15) is 0 Å². The summed E-state index contributed by atoms with van der Waals surface area (Å²) in [6.07, 6.45) is 4.29. The van der Waals surface area contributed by atoms with Gasteiger partial charge in [-0.05, 0) is 6.07 Å². The molecule has 0 aromatic carbocycles. The van der Waals surface area contributed by atoms with Crippen molar-refractivity contribution < 1.29 is 4.79 Å². The summed E-state index contributed by atoms with van der Waals surface area (Å²) in [6.45, 7) is 0. The zero-order valence-corrected chi connectivity index (χ0v) is 9.38. The maximum absolute atomic E-state index is 11.6. The summed E-state index contributed by atoms with van der Waals surface area (Å²) < 4.78 is 0. The van der Waals surface area contributed by atoms with Crippen LogP contribution >= 0.6 is 23.2 Å². The Morgan fingerprint density at radius 1 is 1.38 bits per heavy atom. The molecule has 2 aromatic rings. The zero-order valence-electron chi connectivity index (χ0n) is 7.87. The van der Waals surface area contributed by atoms with E-state index in [9.17, 15) is 4.79 Å². The quantitative estimate of drug-likeness (QED) is 0.867. The van der Waals surface area contributed by atoms with Crippen LogP contribution in [0.1, 0.15) is 10.5 Å². The second-order valence-electron chi connectivity index (χ2n) is 2.91. The molecular formula is C9H6Cl2N4O. The van der Waals surface area contributed by atoms with E-state index in [4.69, 9.17) is 23.2 Å². The fourth-order valence-electron chi connectivity index (χ4n) is 1.09. The van der Waals surface area contributed by atoms with E-state index in [2.05, 4.69) is 20.3 Å². The third-order valence-electron chi connectivity index (χ3n) is 1.74. The van der Waals surface area contributed by atoms with E-state index in [-0.39, 0.29) is 16.9 Å². The highest BCUT2D eigenvalue weighted by molar-refractivity contribution is 6.31. The largest absolute Gasteiger partial charge is 0.356 e. The number of hydrogen-bond acceptors (Lipinski definition) is 3. The van der Waals surface area contributed by atoms with Gasteiger partial charge in [0.05, 0.1) is 17.4 Å². The van der Waals surface area contributed by atoms with Crippen LogP contribution in [0, 0.1) is 0 Å². The summed E-state index contributed by atoms with van der Waals surface area (Å²) in [7, 11) is 0. The second kappa shape index (κ2) is 4.51. The Morgan fingerprint density at radius 3 is 2.81 bits per heavy atom. The van der Waals surface area contributed by atoms with Gasteiger partial charge in [-0.25, -0.2) is 4.98 Å². The molecule has 0 atom stereocenters. The molecule has 1 amide bonds. The summed E-state index contributed by atoms with van der Waals surface area (Å²) >= 11 is 11.3. The van der Waals surface area contributed by atoms with Crippen LogP contribution in [-0.4, -0.2) is 20.9 Å². The normalized spacial score (nSPS) is 10.1. The predicted octanol–water partition coefficient (Wildman–Crippen LogP) is 2.36. The molecule has 0 aliphatic rings. The number of anilines is 1. The van der Waals surface area contributed by atoms with Gasteiger partial charge >= 0.3 is 0 Å². The van der Waals surface area contributed by atoms with Crippen molar-refractivity contribution in [3.05, 3.63) is 40.5 Å². The number of nitrogens with one attached hydrogen (secondary N) is 2. The molecule has 0 saturated carbocycles. The molecule has 2 heterocycles. The number of amides is 1. The van der Waals surface area contributed by atoms with Gasteiger partial charge in [0.1, 0.15) is 10.8 Å². The second-order valence-corrected chi connectivity index (χ2v) is 3.74. The van der Waals surface area contributed by atoms with Crippen molar-refractivity contribution in [2.45, 2.75) is 0 Å². The molecule has 2 N–H and O–H groups in total. The Hall–Kier alpha value is -1.59. The number of carbonyl (C=O) groups is 1. The summed E-state index contributed by atoms with van der Waals surface area (Å²) in [5.74, 6) is -0.0771. The molecule has 82 valence electrons. The van der Waals surface area contributed by atoms with Gasteiger partial charge in [-0.15, -0.1) is 0 Å². The fraction of sp³-hybridized carbons (Fsp3) is 0. The lowest BCUT2D eigenvalue weighted by atomic mass is 10.4. The van der Waals surface area contributed by atoms with Crippen molar-refractivity contribution in [3.63, 3.8) is 0 Å². The number of aromatic amines is 1. The molecule has 0 bridgehead atoms. The van der Waals surface area contributed by atoms with Crippen LogP contribution in [0.15, 0.2) is 24.7 Å². The fourth-order valence-corrected chi connectivity index (χ4v) is 1.40. The van der Waals surface area contributed by atoms with Crippen LogP contribution in [0.4, 0.5) is 5.82 Å². The monoisotopic (exact) mass is 256 g/mol. The minimum atomic E-state index is -0.358. The number of rotatable bonds is 2. The number of nitrogens with zero attached hydrogens (tertiary/aromatic N) is 2. The maximum atomic E-state index is 11.6. The van der Waals surface area contributed by atoms with Crippen molar-refractivity contribution in [2.24, 2.45) is 0 Å². The van der Waals surface area contributed by atoms with E-state index < -0.39 is 0 Å². The van der Waals surface area contributed by atoms with E-state index in [0.29, 0.717) is 10.7 Å². The molecule has 0 aliphatic carbocycles. The first-order chi connectivity index (χ1) is 7.65. The van der Waals surface area contributed by atoms with E-state index >= 15 is 0 Å². The summed E-state index contributed by atoms with van der Waals surface area (Å²) in [5, 5.41) is 3.20. The van der Waals surface area contributed by atoms with Crippen LogP contribution in [0.3, 0.4) is 0 Å². The summed E-state index contributed by atoms with van der Waals surface area (Å²) in [6, 6.07) is 1.51. The Kier molecular flexibility index (Phi) is 3.07. The molecule has 0 saturated heterocycles. The van der Waals surface area contributed by atoms with Gasteiger partial charge < -0.3 is 10.3 Å². The summed E-state index contributed by atoms with van der Waals surface area (Å²) in [4.78, 5) is 22.0. The van der Waals surface area contributed by atoms with Crippen LogP contribution < -0.4 is 5.32 Å². The van der Waals surface area contributed by atoms with Crippen molar-refractivity contribution in [1.82, 2.24) is 15.0 Å². The van der Waals surface area contributed by atoms with Crippen molar-refractivity contribution in [1.29, 1.82) is 0 Å². The zero-order chi connectivity index (χ0) is 11.5. The van der Waals surface area contributed by atoms with Gasteiger partial charge in [0.2, 0.25) is 0 Å². The molecule has 5 nitrogen and oxygen atoms in total. The SMILES string of the molecule is O=C(Nc1cncc(Cl)n1)c1cc(Cl)c[nH]1. The first kappa shape index (κ1) is 10.9. The third kappa shape index (κ3) is 2.50. The molecule has 0 spiro atoms. The smallest absolute Gasteiger partial charge is 0.273 e. The lowest BCUT2D eigenvalue weighted by Gasteiger charge is -2.01. The van der Waals surface area contributed by atoms with E-state index in [1.807, 2.05) is 0 Å². The first-order valence-corrected chi connectivity index (χ1v) is 5.03. The number of carbonyl (C=O) groups excluding carboxylic acids is 1. The maximum Gasteiger partial charge on any atom is 0.273 e. The molecule has 0 unspecified atom stereocenters. The van der Waals surface area contributed by atoms with E-state index in [1.54, 1.807) is 0 Å². The minimum Gasteiger partial charge on any atom is -0.356 e. The minimum absolute atomic E-state index is 0.210. The highest BCUT2D eigenvalue weighted by atomic mass is 35.5. The Bertz CT molecular complexity index is 526. The number of hydrogen-bond donors (Lipinski definition) is 2. The molecule has 2 rings (SSSR count). The van der Waals surface area contributed by atoms with E-state index in [1.165, 1.54) is 24.7 Å². The van der Waals surface area contributed by atoms with Crippen LogP contribution in [0.5, 0.6) is 0 Å². The lowest BCUT2D eigenvalue weighted by Crippen LogP contribution is -2.13. The van der Waals surface area contributed by atoms with Gasteiger partial charge in [0, 0.05) is 6.20 Å². The number of aromatic nitrogens is 3. The Morgan fingerprint density at radius 2 is 2.19 bits per heavy atom. The lowest BCUT2D eigenvalue weighted by molar-refractivity contribution is 0.102. The van der Waals surface area contributed by atoms with Crippen LogP contribution in [0.25, 0.3) is 0 Å². The number of halogens is 2. The first-order valence-electron chi connectivity index (χ1n) is 4.28. The predicted molar refractivity (Wildman–Crippen MR) is 60.8 cm³/mol. The molecule has 0 aliphatic heterocycles. The van der Waals surface area contributed by atoms with Crippen molar-refractivity contribution >= 4 is 34.9 Å². The molecule has 0 fully saturated rings. The summed E-state index contributed by atoms with van der Waals surface area (Å²) in [5.41, 5.74) is 0.340. The van der Waals surface area contributed by atoms with Crippen molar-refractivity contribution in [2.75, 3.05) is 5.32 Å². The van der Waals surface area contributed by atoms with Gasteiger partial charge in [-0.3, -0.25) is 9.78 Å². The van der Waals surface area contributed by atoms with Crippen molar-refractivity contribution in [3.8, 4) is 0 Å². The average Bonchev–Trinajstić information content (AvgIpc) is 2.65. The molecule has 0 radical (unpaired) electrons. The van der Waals surface area contributed by atoms with E-state index in [0.717, 1.165) is 0 Å². The highest BCUT2D eigenvalue weighted by Crippen LogP contribution is 2.12. The topological polar surface area (TPSA) is 70.7 Å². The molecule has 2 aromatic heterocycles. The van der Waals surface area contributed by atoms with Gasteiger partial charge in [0.25, 0.3) is 5.91 Å². The molecule has 7 heteroatoms. The Labute approximate surface area is 101 Å².